The number of hydrogen-bond acceptors (Lipinski definition) is 13. The number of nitrogens with one attached hydrogen (secondary N) is 1. The fourth-order valence-corrected chi connectivity index (χ4v) is 11.8. The summed E-state index contributed by atoms with van der Waals surface area (Å²) in [7, 11) is 0. The van der Waals surface area contributed by atoms with Crippen molar-refractivity contribution in [3.63, 3.8) is 0 Å². The number of anilines is 3. The van der Waals surface area contributed by atoms with E-state index in [1.807, 2.05) is 84.9 Å². The number of ketones is 1. The number of aliphatic hydroxyl groups excluding tert-OH is 1. The number of rotatable bonds is 12. The van der Waals surface area contributed by atoms with E-state index in [1.165, 1.54) is 5.56 Å². The van der Waals surface area contributed by atoms with Gasteiger partial charge in [0.15, 0.2) is 5.78 Å². The van der Waals surface area contributed by atoms with Crippen molar-refractivity contribution < 1.29 is 9.90 Å². The Morgan fingerprint density at radius 2 is 0.938 bits per heavy atom. The molecule has 420 valence electrons. The average Bonchev–Trinajstić information content (AvgIpc) is 3.55. The molecule has 81 heavy (non-hydrogen) atoms. The minimum atomic E-state index is -0.603. The maximum absolute atomic E-state index is 12.7. The average molecular weight is 1270 g/mol. The molecule has 5 aromatic heterocycles. The van der Waals surface area contributed by atoms with Gasteiger partial charge in [-0.05, 0) is 89.5 Å². The number of halogens is 9. The van der Waals surface area contributed by atoms with Crippen LogP contribution < -0.4 is 20.0 Å². The maximum Gasteiger partial charge on any atom is 0.178 e. The van der Waals surface area contributed by atoms with E-state index in [4.69, 9.17) is 104 Å². The maximum atomic E-state index is 12.7. The monoisotopic (exact) mass is 1260 g/mol. The molecule has 8 aromatic rings. The minimum absolute atomic E-state index is 0.00305. The Morgan fingerprint density at radius 1 is 0.506 bits per heavy atom. The first-order valence-corrected chi connectivity index (χ1v) is 29.2. The first-order chi connectivity index (χ1) is 39.2. The second kappa shape index (κ2) is 29.0. The molecule has 11 rings (SSSR count). The van der Waals surface area contributed by atoms with Crippen molar-refractivity contribution in [2.45, 2.75) is 24.2 Å². The highest BCUT2D eigenvalue weighted by Gasteiger charge is 2.34. The van der Waals surface area contributed by atoms with Gasteiger partial charge in [0, 0.05) is 135 Å². The number of pyridine rings is 5. The van der Waals surface area contributed by atoms with Crippen LogP contribution in [0.2, 0.25) is 45.2 Å². The smallest absolute Gasteiger partial charge is 0.178 e. The molecule has 0 radical (unpaired) electrons. The fraction of sp³-hybridized carbons (Fsp3) is 0.254. The van der Waals surface area contributed by atoms with Gasteiger partial charge in [-0.15, -0.1) is 0 Å². The van der Waals surface area contributed by atoms with Gasteiger partial charge in [0.25, 0.3) is 0 Å². The van der Waals surface area contributed by atoms with E-state index in [0.29, 0.717) is 103 Å². The van der Waals surface area contributed by atoms with Crippen molar-refractivity contribution in [3.8, 4) is 0 Å². The summed E-state index contributed by atoms with van der Waals surface area (Å²) < 4.78 is 0. The third-order valence-corrected chi connectivity index (χ3v) is 16.2. The zero-order valence-electron chi connectivity index (χ0n) is 43.3. The predicted molar refractivity (Wildman–Crippen MR) is 331 cm³/mol. The summed E-state index contributed by atoms with van der Waals surface area (Å²) in [5.74, 6) is 2.20. The van der Waals surface area contributed by atoms with Gasteiger partial charge in [0.05, 0.1) is 60.9 Å². The quantitative estimate of drug-likeness (QED) is 0.113. The van der Waals surface area contributed by atoms with Gasteiger partial charge in [0.2, 0.25) is 0 Å². The number of nitrogens with zero attached hydrogens (tertiary/aromatic N) is 10. The molecule has 4 atom stereocenters. The van der Waals surface area contributed by atoms with Crippen molar-refractivity contribution in [1.29, 1.82) is 0 Å². The molecule has 8 heterocycles. The molecule has 1 unspecified atom stereocenters. The Labute approximate surface area is 516 Å². The van der Waals surface area contributed by atoms with Crippen molar-refractivity contribution in [2.24, 2.45) is 0 Å². The van der Waals surface area contributed by atoms with Gasteiger partial charge in [-0.3, -0.25) is 24.6 Å². The van der Waals surface area contributed by atoms with E-state index >= 15 is 0 Å². The Morgan fingerprint density at radius 3 is 1.38 bits per heavy atom. The number of benzene rings is 3. The first-order valence-electron chi connectivity index (χ1n) is 25.8. The second-order valence-electron chi connectivity index (χ2n) is 19.3. The Hall–Kier alpha value is -5.07. The number of carbonyl (C=O) groups excluding carboxylic acids is 1. The molecule has 3 aliphatic heterocycles. The minimum Gasteiger partial charge on any atom is -0.387 e. The largest absolute Gasteiger partial charge is 0.387 e. The second-order valence-corrected chi connectivity index (χ2v) is 23.2. The van der Waals surface area contributed by atoms with Crippen LogP contribution in [0.1, 0.15) is 56.8 Å². The zero-order valence-corrected chi connectivity index (χ0v) is 50.1. The Kier molecular flexibility index (Phi) is 21.6. The highest BCUT2D eigenvalue weighted by atomic mass is 35.5. The molecule has 0 aliphatic carbocycles. The van der Waals surface area contributed by atoms with Gasteiger partial charge in [0.1, 0.15) is 17.5 Å². The van der Waals surface area contributed by atoms with Crippen LogP contribution in [-0.4, -0.2) is 118 Å². The first kappa shape index (κ1) is 60.5. The van der Waals surface area contributed by atoms with Crippen LogP contribution in [0.5, 0.6) is 0 Å². The highest BCUT2D eigenvalue weighted by molar-refractivity contribution is 6.37. The van der Waals surface area contributed by atoms with Crippen molar-refractivity contribution >= 4 is 128 Å². The van der Waals surface area contributed by atoms with Gasteiger partial charge in [-0.1, -0.05) is 147 Å². The molecule has 2 N–H and O–H groups in total. The lowest BCUT2D eigenvalue weighted by atomic mass is 10.0. The number of piperazine rings is 3. The van der Waals surface area contributed by atoms with Crippen LogP contribution in [-0.2, 0) is 0 Å². The van der Waals surface area contributed by atoms with E-state index in [1.54, 1.807) is 73.7 Å². The van der Waals surface area contributed by atoms with Crippen LogP contribution in [0.3, 0.4) is 0 Å². The molecule has 3 aromatic carbocycles. The molecule has 0 amide bonds. The molecule has 3 fully saturated rings. The van der Waals surface area contributed by atoms with E-state index < -0.39 is 6.10 Å². The fourth-order valence-electron chi connectivity index (χ4n) is 9.98. The summed E-state index contributed by atoms with van der Waals surface area (Å²) in [6.45, 7) is 7.61. The number of carbonyl (C=O) groups is 1. The van der Waals surface area contributed by atoms with Gasteiger partial charge in [-0.2, -0.15) is 0 Å². The number of Topliss-reactive ketones (excluding diaryl/α,β-unsaturated/α-hetero) is 1. The van der Waals surface area contributed by atoms with E-state index in [-0.39, 0.29) is 23.9 Å². The summed E-state index contributed by atoms with van der Waals surface area (Å²) in [5, 5.41) is 19.3. The van der Waals surface area contributed by atoms with Crippen LogP contribution in [0.4, 0.5) is 17.5 Å². The number of hydrogen-bond donors (Lipinski definition) is 2. The normalized spacial score (nSPS) is 18.0. The molecular weight excluding hydrogens is 1210 g/mol. The molecule has 13 nitrogen and oxygen atoms in total. The molecule has 3 saturated heterocycles. The van der Waals surface area contributed by atoms with Crippen LogP contribution in [0.25, 0.3) is 0 Å². The topological polar surface area (TPSA) is 130 Å². The summed E-state index contributed by atoms with van der Waals surface area (Å²) in [6.07, 6.45) is 10.9. The van der Waals surface area contributed by atoms with E-state index in [2.05, 4.69) is 54.7 Å². The Bertz CT molecular complexity index is 3340. The predicted octanol–water partition coefficient (Wildman–Crippen LogP) is 14.4. The van der Waals surface area contributed by atoms with Crippen LogP contribution in [0.15, 0.2) is 159 Å². The SMILES string of the molecule is Clc1ccc([C@@H]2CNCCN2c2ncc(Cl)cc2Cl)cc1.O=C(CN1CCN(c2ncc(Cl)cc2Cl)[C@H](c2ccc(Cl)cc2)C1)c1cccnc1.OC(CN1CCN(c2ncc(Cl)cc2Cl)[C@H](c2ccc(Cl)cc2)C1)c1cccnc1. The summed E-state index contributed by atoms with van der Waals surface area (Å²) in [4.78, 5) is 45.1. The molecule has 0 saturated carbocycles. The molecule has 0 spiro atoms. The van der Waals surface area contributed by atoms with E-state index in [9.17, 15) is 9.90 Å². The number of aromatic nitrogens is 5. The van der Waals surface area contributed by atoms with Crippen molar-refractivity contribution in [3.05, 3.63) is 232 Å². The molecule has 0 bridgehead atoms. The van der Waals surface area contributed by atoms with Gasteiger partial charge >= 0.3 is 0 Å². The highest BCUT2D eigenvalue weighted by Crippen LogP contribution is 2.38. The number of β-amino-alcohol motifs (C(OH)–C–C–N with tert-alkyl or cyclic N) is 1. The van der Waals surface area contributed by atoms with Crippen LogP contribution >= 0.6 is 104 Å². The summed E-state index contributed by atoms with van der Waals surface area (Å²) >= 11 is 55.4. The third-order valence-electron chi connectivity index (χ3n) is 14.0. The van der Waals surface area contributed by atoms with E-state index in [0.717, 1.165) is 53.7 Å². The standard InChI is InChI=1S/C22H21Cl3N4O.C22H19Cl3N4O.C15H14Cl3N3/c2*23-17-5-3-15(4-6-17)20-13-28(14-21(30)16-2-1-7-26-11-16)8-9-29(20)22-19(25)10-18(24)12-27-22;16-11-3-1-10(2-4-11)14-9-19-5-6-21(14)15-13(18)7-12(17)8-20-15/h1-7,10-12,20-21,30H,8-9,13-14H2;1-7,10-12,20H,8-9,13-14H2;1-4,7-8,14,19H,5-6,9H2/t20-,21?;20-;14-/m000/s1. The summed E-state index contributed by atoms with van der Waals surface area (Å²) in [6, 6.07) is 36.0. The lowest BCUT2D eigenvalue weighted by molar-refractivity contribution is 0.0913. The Balaban J connectivity index is 0.000000149. The lowest BCUT2D eigenvalue weighted by Crippen LogP contribution is -2.50. The lowest BCUT2D eigenvalue weighted by Gasteiger charge is -2.43. The zero-order chi connectivity index (χ0) is 57.0. The van der Waals surface area contributed by atoms with Gasteiger partial charge < -0.3 is 25.1 Å². The van der Waals surface area contributed by atoms with Crippen molar-refractivity contribution in [2.75, 3.05) is 86.7 Å². The molecule has 3 aliphatic rings. The number of aliphatic hydroxyl groups is 1. The molecular formula is C59H54Cl9N11O2. The van der Waals surface area contributed by atoms with Crippen LogP contribution in [0, 0.1) is 0 Å². The summed E-state index contributed by atoms with van der Waals surface area (Å²) in [5.41, 5.74) is 4.79. The van der Waals surface area contributed by atoms with Gasteiger partial charge in [-0.25, -0.2) is 15.0 Å². The third kappa shape index (κ3) is 16.2. The van der Waals surface area contributed by atoms with Crippen molar-refractivity contribution in [1.82, 2.24) is 40.0 Å². The molecule has 22 heteroatoms.